The normalized spacial score (nSPS) is 12.6. The highest BCUT2D eigenvalue weighted by molar-refractivity contribution is 5.79. The molecular weight excluding hydrogens is 304 g/mol. The molecule has 0 aliphatic carbocycles. The van der Waals surface area contributed by atoms with E-state index >= 15 is 0 Å². The first kappa shape index (κ1) is 16.4. The lowest BCUT2D eigenvalue weighted by Gasteiger charge is -2.14. The predicted octanol–water partition coefficient (Wildman–Crippen LogP) is 2.64. The average molecular weight is 326 g/mol. The molecule has 3 rings (SSSR count). The van der Waals surface area contributed by atoms with Gasteiger partial charge in [-0.05, 0) is 45.7 Å². The number of aryl methyl sites for hydroxylation is 2. The number of nitrogens with one attached hydrogen (secondary N) is 2. The van der Waals surface area contributed by atoms with Gasteiger partial charge in [0.2, 0.25) is 0 Å². The molecule has 1 atom stereocenters. The number of fused-ring (bicyclic) bond motifs is 1. The molecule has 2 aromatic heterocycles. The van der Waals surface area contributed by atoms with Crippen LogP contribution in [0.15, 0.2) is 33.7 Å². The van der Waals surface area contributed by atoms with Crippen LogP contribution in [0.4, 0.5) is 0 Å². The van der Waals surface area contributed by atoms with E-state index in [1.54, 1.807) is 0 Å². The Morgan fingerprint density at radius 3 is 2.79 bits per heavy atom. The number of aromatic nitrogens is 3. The van der Waals surface area contributed by atoms with Gasteiger partial charge in [0.25, 0.3) is 0 Å². The molecule has 0 saturated heterocycles. The van der Waals surface area contributed by atoms with Crippen LogP contribution in [0.2, 0.25) is 0 Å². The Hall–Kier alpha value is -2.47. The Bertz CT molecular complexity index is 897. The van der Waals surface area contributed by atoms with E-state index in [1.165, 1.54) is 0 Å². The Morgan fingerprint density at radius 2 is 2.04 bits per heavy atom. The minimum Gasteiger partial charge on any atom is -0.358 e. The summed E-state index contributed by atoms with van der Waals surface area (Å²) in [5.74, 6) is 0. The van der Waals surface area contributed by atoms with Gasteiger partial charge in [0.1, 0.15) is 11.4 Å². The molecule has 24 heavy (non-hydrogen) atoms. The van der Waals surface area contributed by atoms with E-state index in [2.05, 4.69) is 27.5 Å². The summed E-state index contributed by atoms with van der Waals surface area (Å²) in [6, 6.07) is 7.90. The van der Waals surface area contributed by atoms with Gasteiger partial charge in [0.05, 0.1) is 0 Å². The Balaban J connectivity index is 1.67. The van der Waals surface area contributed by atoms with E-state index in [-0.39, 0.29) is 11.5 Å². The molecule has 0 saturated carbocycles. The van der Waals surface area contributed by atoms with E-state index in [1.807, 2.05) is 38.1 Å². The highest BCUT2D eigenvalue weighted by atomic mass is 16.6. The summed E-state index contributed by atoms with van der Waals surface area (Å²) in [5, 5.41) is 11.8. The molecule has 0 amide bonds. The summed E-state index contributed by atoms with van der Waals surface area (Å²) in [5.41, 5.74) is 4.46. The maximum Gasteiger partial charge on any atom is 0.192 e. The van der Waals surface area contributed by atoms with Crippen molar-refractivity contribution in [3.63, 3.8) is 0 Å². The highest BCUT2D eigenvalue weighted by Crippen LogP contribution is 2.13. The number of pyridine rings is 1. The summed E-state index contributed by atoms with van der Waals surface area (Å²) < 4.78 is 4.69. The van der Waals surface area contributed by atoms with Gasteiger partial charge in [-0.15, -0.1) is 0 Å². The molecule has 0 radical (unpaired) electrons. The molecule has 2 heterocycles. The third-order valence-electron chi connectivity index (χ3n) is 4.41. The number of benzene rings is 1. The smallest absolute Gasteiger partial charge is 0.192 e. The van der Waals surface area contributed by atoms with Crippen molar-refractivity contribution >= 4 is 10.9 Å². The molecule has 1 aromatic carbocycles. The van der Waals surface area contributed by atoms with E-state index in [4.69, 9.17) is 4.63 Å². The third kappa shape index (κ3) is 3.38. The maximum absolute atomic E-state index is 12.7. The van der Waals surface area contributed by atoms with Crippen LogP contribution in [0.1, 0.15) is 36.0 Å². The van der Waals surface area contributed by atoms with E-state index in [0.29, 0.717) is 6.54 Å². The number of aromatic amines is 1. The fourth-order valence-electron chi connectivity index (χ4n) is 2.85. The van der Waals surface area contributed by atoms with Crippen molar-refractivity contribution in [1.29, 1.82) is 0 Å². The molecule has 126 valence electrons. The number of H-pyrrole nitrogens is 1. The van der Waals surface area contributed by atoms with Crippen molar-refractivity contribution in [2.75, 3.05) is 0 Å². The van der Waals surface area contributed by atoms with Gasteiger partial charge in [0.15, 0.2) is 5.43 Å². The fraction of sp³-hybridized carbons (Fsp3) is 0.389. The number of rotatable bonds is 6. The van der Waals surface area contributed by atoms with Gasteiger partial charge in [-0.25, -0.2) is 4.63 Å². The zero-order chi connectivity index (χ0) is 17.1. The SMILES string of the molecule is Cc1nonc1CN[C@@H](C)CCc1c(C)[nH]c2ccccc2c1=O. The van der Waals surface area contributed by atoms with E-state index in [0.717, 1.165) is 46.4 Å². The third-order valence-corrected chi connectivity index (χ3v) is 4.41. The van der Waals surface area contributed by atoms with Crippen LogP contribution in [0.3, 0.4) is 0 Å². The fourth-order valence-corrected chi connectivity index (χ4v) is 2.85. The van der Waals surface area contributed by atoms with Gasteiger partial charge in [0, 0.05) is 34.7 Å². The monoisotopic (exact) mass is 326 g/mol. The lowest BCUT2D eigenvalue weighted by atomic mass is 10.0. The second kappa shape index (κ2) is 6.97. The number of hydrogen-bond acceptors (Lipinski definition) is 5. The topological polar surface area (TPSA) is 83.8 Å². The Labute approximate surface area is 140 Å². The highest BCUT2D eigenvalue weighted by Gasteiger charge is 2.12. The van der Waals surface area contributed by atoms with Gasteiger partial charge in [-0.3, -0.25) is 4.79 Å². The first-order valence-corrected chi connectivity index (χ1v) is 8.18. The van der Waals surface area contributed by atoms with E-state index in [9.17, 15) is 4.79 Å². The second-order valence-corrected chi connectivity index (χ2v) is 6.22. The van der Waals surface area contributed by atoms with Crippen molar-refractivity contribution in [2.45, 2.75) is 46.2 Å². The summed E-state index contributed by atoms with van der Waals surface area (Å²) in [7, 11) is 0. The molecule has 6 heteroatoms. The molecular formula is C18H22N4O2. The molecule has 0 fully saturated rings. The maximum atomic E-state index is 12.7. The van der Waals surface area contributed by atoms with Gasteiger partial charge in [-0.2, -0.15) is 0 Å². The van der Waals surface area contributed by atoms with Crippen LogP contribution < -0.4 is 10.7 Å². The van der Waals surface area contributed by atoms with E-state index < -0.39 is 0 Å². The first-order chi connectivity index (χ1) is 11.6. The van der Waals surface area contributed by atoms with Crippen LogP contribution in [-0.4, -0.2) is 21.3 Å². The standard InChI is InChI=1S/C18H22N4O2/c1-11(19-10-17-13(3)21-24-22-17)8-9-14-12(2)20-16-7-5-4-6-15(16)18(14)23/h4-7,11,19H,8-10H2,1-3H3,(H,20,23)/t11-/m0/s1. The molecule has 3 aromatic rings. The van der Waals surface area contributed by atoms with Crippen molar-refractivity contribution in [1.82, 2.24) is 20.6 Å². The van der Waals surface area contributed by atoms with Crippen molar-refractivity contribution < 1.29 is 4.63 Å². The summed E-state index contributed by atoms with van der Waals surface area (Å²) in [6.07, 6.45) is 1.60. The first-order valence-electron chi connectivity index (χ1n) is 8.18. The summed E-state index contributed by atoms with van der Waals surface area (Å²) in [4.78, 5) is 16.0. The zero-order valence-corrected chi connectivity index (χ0v) is 14.2. The number of hydrogen-bond donors (Lipinski definition) is 2. The minimum absolute atomic E-state index is 0.130. The Morgan fingerprint density at radius 1 is 1.25 bits per heavy atom. The van der Waals surface area contributed by atoms with Crippen LogP contribution in [0, 0.1) is 13.8 Å². The van der Waals surface area contributed by atoms with Crippen molar-refractivity contribution in [3.05, 3.63) is 57.1 Å². The molecule has 6 nitrogen and oxygen atoms in total. The largest absolute Gasteiger partial charge is 0.358 e. The van der Waals surface area contributed by atoms with Gasteiger partial charge in [-0.1, -0.05) is 22.4 Å². The average Bonchev–Trinajstić information content (AvgIpc) is 2.98. The molecule has 0 unspecified atom stereocenters. The number of nitrogens with zero attached hydrogens (tertiary/aromatic N) is 2. The quantitative estimate of drug-likeness (QED) is 0.727. The number of para-hydroxylation sites is 1. The van der Waals surface area contributed by atoms with Crippen molar-refractivity contribution in [3.8, 4) is 0 Å². The van der Waals surface area contributed by atoms with Crippen LogP contribution in [0.5, 0.6) is 0 Å². The lowest BCUT2D eigenvalue weighted by molar-refractivity contribution is 0.299. The van der Waals surface area contributed by atoms with Gasteiger partial charge < -0.3 is 10.3 Å². The zero-order valence-electron chi connectivity index (χ0n) is 14.2. The molecule has 0 aliphatic rings. The summed E-state index contributed by atoms with van der Waals surface area (Å²) in [6.45, 7) is 6.55. The van der Waals surface area contributed by atoms with Crippen LogP contribution in [-0.2, 0) is 13.0 Å². The summed E-state index contributed by atoms with van der Waals surface area (Å²) >= 11 is 0. The lowest BCUT2D eigenvalue weighted by Crippen LogP contribution is -2.27. The minimum atomic E-state index is 0.130. The van der Waals surface area contributed by atoms with Crippen LogP contribution >= 0.6 is 0 Å². The molecule has 0 aliphatic heterocycles. The molecule has 2 N–H and O–H groups in total. The van der Waals surface area contributed by atoms with Crippen LogP contribution in [0.25, 0.3) is 10.9 Å². The Kier molecular flexibility index (Phi) is 4.76. The molecule has 0 bridgehead atoms. The predicted molar refractivity (Wildman–Crippen MR) is 93.0 cm³/mol. The van der Waals surface area contributed by atoms with Crippen molar-refractivity contribution in [2.24, 2.45) is 0 Å². The second-order valence-electron chi connectivity index (χ2n) is 6.22. The molecule has 0 spiro atoms. The van der Waals surface area contributed by atoms with Gasteiger partial charge >= 0.3 is 0 Å².